The predicted octanol–water partition coefficient (Wildman–Crippen LogP) is 1.90. The number of H-pyrrole nitrogens is 1. The molecule has 0 aromatic carbocycles. The van der Waals surface area contributed by atoms with Gasteiger partial charge < -0.3 is 4.74 Å². The average molecular weight is 303 g/mol. The quantitative estimate of drug-likeness (QED) is 0.744. The van der Waals surface area contributed by atoms with Crippen LogP contribution in [0.2, 0.25) is 0 Å². The minimum Gasteiger partial charge on any atom is -0.443 e. The lowest BCUT2D eigenvalue weighted by Gasteiger charge is -2.23. The SMILES string of the molecule is C[n+]1[nH]c2c(c1Br)CCN2C(=O)OC(C)(C)C. The number of rotatable bonds is 0. The summed E-state index contributed by atoms with van der Waals surface area (Å²) in [5.74, 6) is 0.827. The van der Waals surface area contributed by atoms with Crippen LogP contribution in [0.4, 0.5) is 10.6 Å². The third-order valence-corrected chi connectivity index (χ3v) is 3.58. The van der Waals surface area contributed by atoms with Gasteiger partial charge in [-0.2, -0.15) is 0 Å². The van der Waals surface area contributed by atoms with Gasteiger partial charge in [-0.15, -0.1) is 9.78 Å². The molecule has 1 aliphatic rings. The minimum atomic E-state index is -0.466. The van der Waals surface area contributed by atoms with Crippen molar-refractivity contribution in [1.82, 2.24) is 5.10 Å². The van der Waals surface area contributed by atoms with E-state index in [1.54, 1.807) is 4.90 Å². The molecule has 1 amide bonds. The van der Waals surface area contributed by atoms with Gasteiger partial charge in [-0.25, -0.2) is 4.79 Å². The van der Waals surface area contributed by atoms with Crippen LogP contribution in [0.5, 0.6) is 0 Å². The molecular weight excluding hydrogens is 286 g/mol. The number of anilines is 1. The largest absolute Gasteiger partial charge is 0.443 e. The molecule has 0 spiro atoms. The molecule has 0 bridgehead atoms. The Morgan fingerprint density at radius 1 is 1.53 bits per heavy atom. The van der Waals surface area contributed by atoms with E-state index in [0.29, 0.717) is 6.54 Å². The summed E-state index contributed by atoms with van der Waals surface area (Å²) in [6.45, 7) is 6.26. The molecule has 2 rings (SSSR count). The number of ether oxygens (including phenoxy) is 1. The highest BCUT2D eigenvalue weighted by Gasteiger charge is 2.35. The van der Waals surface area contributed by atoms with Crippen molar-refractivity contribution in [2.75, 3.05) is 11.4 Å². The first-order valence-electron chi connectivity index (χ1n) is 5.56. The van der Waals surface area contributed by atoms with Gasteiger partial charge in [0.15, 0.2) is 12.9 Å². The number of hydrogen-bond acceptors (Lipinski definition) is 2. The summed E-state index contributed by atoms with van der Waals surface area (Å²) in [5.41, 5.74) is 0.657. The molecule has 1 aromatic rings. The van der Waals surface area contributed by atoms with Gasteiger partial charge in [0, 0.05) is 28.9 Å². The zero-order chi connectivity index (χ0) is 12.8. The topological polar surface area (TPSA) is 49.2 Å². The predicted molar refractivity (Wildman–Crippen MR) is 67.0 cm³/mol. The smallest absolute Gasteiger partial charge is 0.416 e. The second-order valence-electron chi connectivity index (χ2n) is 5.17. The molecule has 17 heavy (non-hydrogen) atoms. The summed E-state index contributed by atoms with van der Waals surface area (Å²) in [7, 11) is 1.90. The van der Waals surface area contributed by atoms with Gasteiger partial charge in [-0.3, -0.25) is 4.90 Å². The molecule has 94 valence electrons. The van der Waals surface area contributed by atoms with Crippen LogP contribution in [0.25, 0.3) is 0 Å². The molecule has 1 aromatic heterocycles. The molecule has 1 aliphatic heterocycles. The Morgan fingerprint density at radius 2 is 2.18 bits per heavy atom. The summed E-state index contributed by atoms with van der Waals surface area (Å²) >= 11 is 3.49. The lowest BCUT2D eigenvalue weighted by atomic mass is 10.2. The van der Waals surface area contributed by atoms with E-state index in [1.807, 2.05) is 32.5 Å². The summed E-state index contributed by atoms with van der Waals surface area (Å²) < 4.78 is 8.20. The second kappa shape index (κ2) is 4.01. The Balaban J connectivity index is 2.22. The van der Waals surface area contributed by atoms with E-state index in [9.17, 15) is 4.79 Å². The van der Waals surface area contributed by atoms with Crippen LogP contribution >= 0.6 is 15.9 Å². The van der Waals surface area contributed by atoms with Crippen molar-refractivity contribution < 1.29 is 14.2 Å². The molecule has 0 unspecified atom stereocenters. The van der Waals surface area contributed by atoms with E-state index in [1.165, 1.54) is 0 Å². The zero-order valence-electron chi connectivity index (χ0n) is 10.5. The number of hydrogen-bond donors (Lipinski definition) is 1. The summed E-state index contributed by atoms with van der Waals surface area (Å²) in [5, 5.41) is 3.14. The van der Waals surface area contributed by atoms with E-state index in [2.05, 4.69) is 21.0 Å². The van der Waals surface area contributed by atoms with Crippen molar-refractivity contribution in [1.29, 1.82) is 0 Å². The maximum atomic E-state index is 12.0. The Morgan fingerprint density at radius 3 is 2.76 bits per heavy atom. The first kappa shape index (κ1) is 12.4. The minimum absolute atomic E-state index is 0.300. The fourth-order valence-corrected chi connectivity index (χ4v) is 2.33. The van der Waals surface area contributed by atoms with Crippen LogP contribution in [0.1, 0.15) is 26.3 Å². The Hall–Kier alpha value is -1.04. The van der Waals surface area contributed by atoms with Crippen LogP contribution < -0.4 is 9.58 Å². The lowest BCUT2D eigenvalue weighted by molar-refractivity contribution is -0.736. The molecule has 0 saturated heterocycles. The number of carbonyl (C=O) groups is 1. The Labute approximate surface area is 109 Å². The first-order chi connectivity index (χ1) is 7.79. The molecular formula is C11H17BrN3O2+. The number of carbonyl (C=O) groups excluding carboxylic acids is 1. The van der Waals surface area contributed by atoms with Crippen molar-refractivity contribution >= 4 is 27.8 Å². The highest BCUT2D eigenvalue weighted by Crippen LogP contribution is 2.31. The van der Waals surface area contributed by atoms with Gasteiger partial charge in [-0.05, 0) is 20.8 Å². The number of fused-ring (bicyclic) bond motifs is 1. The van der Waals surface area contributed by atoms with Gasteiger partial charge in [0.25, 0.3) is 4.60 Å². The fourth-order valence-electron chi connectivity index (χ4n) is 1.86. The van der Waals surface area contributed by atoms with Crippen LogP contribution in [0, 0.1) is 0 Å². The highest BCUT2D eigenvalue weighted by molar-refractivity contribution is 9.10. The molecule has 0 aliphatic carbocycles. The average Bonchev–Trinajstić information content (AvgIpc) is 2.67. The summed E-state index contributed by atoms with van der Waals surface area (Å²) in [6.07, 6.45) is 0.539. The second-order valence-corrected chi connectivity index (χ2v) is 5.92. The van der Waals surface area contributed by atoms with Crippen LogP contribution in [0.15, 0.2) is 4.60 Å². The van der Waals surface area contributed by atoms with Crippen molar-refractivity contribution in [2.24, 2.45) is 7.05 Å². The van der Waals surface area contributed by atoms with Crippen LogP contribution in [-0.2, 0) is 18.2 Å². The molecule has 5 nitrogen and oxygen atoms in total. The van der Waals surface area contributed by atoms with Crippen molar-refractivity contribution in [2.45, 2.75) is 32.8 Å². The molecule has 1 N–H and O–H groups in total. The van der Waals surface area contributed by atoms with Gasteiger partial charge in [0.05, 0.1) is 5.56 Å². The molecule has 6 heteroatoms. The van der Waals surface area contributed by atoms with Crippen molar-refractivity contribution in [3.8, 4) is 0 Å². The third kappa shape index (κ3) is 2.31. The van der Waals surface area contributed by atoms with Crippen molar-refractivity contribution in [3.05, 3.63) is 10.2 Å². The standard InChI is InChI=1S/C11H16BrN3O2/c1-11(2,3)17-10(16)15-6-5-7-8(12)14(4)13-9(7)15/h5-6H2,1-4H3/p+1. The van der Waals surface area contributed by atoms with Gasteiger partial charge in [0.1, 0.15) is 5.60 Å². The van der Waals surface area contributed by atoms with Gasteiger partial charge >= 0.3 is 6.09 Å². The van der Waals surface area contributed by atoms with E-state index >= 15 is 0 Å². The summed E-state index contributed by atoms with van der Waals surface area (Å²) in [4.78, 5) is 13.6. The van der Waals surface area contributed by atoms with Crippen molar-refractivity contribution in [3.63, 3.8) is 0 Å². The van der Waals surface area contributed by atoms with E-state index in [4.69, 9.17) is 4.74 Å². The lowest BCUT2D eigenvalue weighted by Crippen LogP contribution is -2.38. The number of nitrogens with zero attached hydrogens (tertiary/aromatic N) is 2. The number of aryl methyl sites for hydroxylation is 1. The van der Waals surface area contributed by atoms with Crippen LogP contribution in [0.3, 0.4) is 0 Å². The van der Waals surface area contributed by atoms with E-state index < -0.39 is 5.60 Å². The van der Waals surface area contributed by atoms with Gasteiger partial charge in [0.2, 0.25) is 0 Å². The Kier molecular flexibility index (Phi) is 2.93. The molecule has 0 atom stereocenters. The molecule has 0 saturated carbocycles. The summed E-state index contributed by atoms with van der Waals surface area (Å²) in [6, 6.07) is 0. The maximum Gasteiger partial charge on any atom is 0.416 e. The molecule has 0 radical (unpaired) electrons. The number of halogens is 1. The third-order valence-electron chi connectivity index (χ3n) is 2.57. The maximum absolute atomic E-state index is 12.0. The molecule has 2 heterocycles. The highest BCUT2D eigenvalue weighted by atomic mass is 79.9. The van der Waals surface area contributed by atoms with Crippen LogP contribution in [-0.4, -0.2) is 23.3 Å². The fraction of sp³-hybridized carbons (Fsp3) is 0.636. The Bertz CT molecular complexity index is 462. The number of amides is 1. The number of nitrogens with one attached hydrogen (secondary N) is 1. The zero-order valence-corrected chi connectivity index (χ0v) is 12.1. The number of aromatic nitrogens is 2. The van der Waals surface area contributed by atoms with Gasteiger partial charge in [-0.1, -0.05) is 0 Å². The number of aromatic amines is 1. The monoisotopic (exact) mass is 302 g/mol. The van der Waals surface area contributed by atoms with E-state index in [0.717, 1.165) is 22.4 Å². The normalized spacial score (nSPS) is 15.0. The molecule has 0 fully saturated rings. The first-order valence-corrected chi connectivity index (χ1v) is 6.36. The van der Waals surface area contributed by atoms with E-state index in [-0.39, 0.29) is 6.09 Å².